The van der Waals surface area contributed by atoms with E-state index in [1.54, 1.807) is 12.3 Å². The largest absolute Gasteiger partial charge is 0.465 e. The van der Waals surface area contributed by atoms with Gasteiger partial charge in [-0.05, 0) is 36.4 Å². The molecule has 0 spiro atoms. The van der Waals surface area contributed by atoms with Crippen LogP contribution >= 0.6 is 22.9 Å². The number of rotatable bonds is 3. The molecule has 0 aliphatic carbocycles. The summed E-state index contributed by atoms with van der Waals surface area (Å²) in [4.78, 5) is 30.5. The first-order valence-corrected chi connectivity index (χ1v) is 6.97. The van der Waals surface area contributed by atoms with Gasteiger partial charge in [0.15, 0.2) is 5.69 Å². The fourth-order valence-electron chi connectivity index (χ4n) is 1.91. The van der Waals surface area contributed by atoms with Gasteiger partial charge in [-0.15, -0.1) is 11.3 Å². The molecule has 2 aromatic rings. The first-order valence-electron chi connectivity index (χ1n) is 5.72. The molecule has 0 saturated heterocycles. The van der Waals surface area contributed by atoms with E-state index >= 15 is 0 Å². The molecule has 0 bridgehead atoms. The molecule has 2 rings (SSSR count). The number of nitrogens with zero attached hydrogens (tertiary/aromatic N) is 3. The van der Waals surface area contributed by atoms with Crippen molar-refractivity contribution in [3.05, 3.63) is 36.9 Å². The third-order valence-electron chi connectivity index (χ3n) is 2.80. The number of aromatic nitrogens is 2. The second-order valence-electron chi connectivity index (χ2n) is 4.15. The maximum Gasteiger partial charge on any atom is 0.348 e. The average molecular weight is 328 g/mol. The van der Waals surface area contributed by atoms with E-state index in [0.29, 0.717) is 11.1 Å². The van der Waals surface area contributed by atoms with Crippen molar-refractivity contribution in [2.24, 2.45) is 0 Å². The number of esters is 1. The van der Waals surface area contributed by atoms with E-state index in [1.807, 2.05) is 0 Å². The highest BCUT2D eigenvalue weighted by atomic mass is 35.5. The Hall–Kier alpha value is -2.06. The Morgan fingerprint density at radius 3 is 2.67 bits per heavy atom. The lowest BCUT2D eigenvalue weighted by Gasteiger charge is -2.07. The zero-order chi connectivity index (χ0) is 15.7. The van der Waals surface area contributed by atoms with Crippen LogP contribution in [-0.2, 0) is 4.74 Å². The molecule has 0 aliphatic heterocycles. The van der Waals surface area contributed by atoms with Crippen LogP contribution in [0.4, 0.5) is 5.69 Å². The summed E-state index contributed by atoms with van der Waals surface area (Å²) >= 11 is 6.94. The number of nitro groups is 1. The maximum atomic E-state index is 11.8. The maximum absolute atomic E-state index is 11.8. The molecule has 0 atom stereocenters. The van der Waals surface area contributed by atoms with Gasteiger partial charge in [-0.2, -0.15) is 0 Å². The fraction of sp³-hybridized carbons (Fsp3) is 0.250. The van der Waals surface area contributed by atoms with Crippen molar-refractivity contribution in [1.29, 1.82) is 0 Å². The molecule has 0 fully saturated rings. The van der Waals surface area contributed by atoms with Crippen LogP contribution in [-0.4, -0.2) is 28.0 Å². The molecule has 9 heteroatoms. The number of carbonyl (C=O) groups is 1. The molecule has 21 heavy (non-hydrogen) atoms. The van der Waals surface area contributed by atoms with Crippen molar-refractivity contribution in [1.82, 2.24) is 9.97 Å². The van der Waals surface area contributed by atoms with Gasteiger partial charge in [-0.3, -0.25) is 10.1 Å². The lowest BCUT2D eigenvalue weighted by molar-refractivity contribution is -0.385. The van der Waals surface area contributed by atoms with E-state index in [9.17, 15) is 14.9 Å². The topological polar surface area (TPSA) is 95.2 Å². The van der Waals surface area contributed by atoms with Gasteiger partial charge in [0.25, 0.3) is 0 Å². The molecule has 2 aromatic heterocycles. The van der Waals surface area contributed by atoms with Crippen molar-refractivity contribution in [2.45, 2.75) is 13.8 Å². The number of hydrogen-bond donors (Lipinski definition) is 0. The van der Waals surface area contributed by atoms with Gasteiger partial charge in [-0.1, -0.05) is 0 Å². The first-order chi connectivity index (χ1) is 9.86. The van der Waals surface area contributed by atoms with Crippen LogP contribution in [0, 0.1) is 24.0 Å². The number of carbonyl (C=O) groups excluding carboxylic acids is 1. The molecule has 0 aromatic carbocycles. The second kappa shape index (κ2) is 5.74. The van der Waals surface area contributed by atoms with Crippen molar-refractivity contribution in [3.63, 3.8) is 0 Å². The SMILES string of the molecule is COC(=O)c1scc(C)c1-c1nc(Cl)nc(C)c1[N+](=O)[O-]. The van der Waals surface area contributed by atoms with Crippen molar-refractivity contribution < 1.29 is 14.5 Å². The summed E-state index contributed by atoms with van der Waals surface area (Å²) in [5.74, 6) is -0.579. The normalized spacial score (nSPS) is 10.5. The number of aryl methyl sites for hydroxylation is 2. The summed E-state index contributed by atoms with van der Waals surface area (Å²) < 4.78 is 4.70. The highest BCUT2D eigenvalue weighted by molar-refractivity contribution is 7.12. The van der Waals surface area contributed by atoms with Crippen LogP contribution in [0.25, 0.3) is 11.3 Å². The minimum Gasteiger partial charge on any atom is -0.465 e. The number of halogens is 1. The molecule has 0 aliphatic rings. The van der Waals surface area contributed by atoms with Crippen LogP contribution in [0.2, 0.25) is 5.28 Å². The number of methoxy groups -OCH3 is 1. The molecule has 110 valence electrons. The predicted molar refractivity (Wildman–Crippen MR) is 77.8 cm³/mol. The summed E-state index contributed by atoms with van der Waals surface area (Å²) in [6, 6.07) is 0. The summed E-state index contributed by atoms with van der Waals surface area (Å²) in [7, 11) is 1.24. The Kier molecular flexibility index (Phi) is 4.19. The molecule has 0 saturated carbocycles. The van der Waals surface area contributed by atoms with Crippen LogP contribution in [0.3, 0.4) is 0 Å². The summed E-state index contributed by atoms with van der Waals surface area (Å²) in [6.45, 7) is 3.20. The molecular formula is C12H10ClN3O4S. The quantitative estimate of drug-likeness (QED) is 0.372. The lowest BCUT2D eigenvalue weighted by atomic mass is 10.1. The molecule has 2 heterocycles. The lowest BCUT2D eigenvalue weighted by Crippen LogP contribution is -2.05. The van der Waals surface area contributed by atoms with E-state index in [0.717, 1.165) is 11.3 Å². The van der Waals surface area contributed by atoms with Crippen LogP contribution < -0.4 is 0 Å². The minimum absolute atomic E-state index is 0.0247. The van der Waals surface area contributed by atoms with E-state index in [2.05, 4.69) is 9.97 Å². The summed E-state index contributed by atoms with van der Waals surface area (Å²) in [5, 5.41) is 12.9. The molecular weight excluding hydrogens is 318 g/mol. The Morgan fingerprint density at radius 2 is 2.10 bits per heavy atom. The van der Waals surface area contributed by atoms with Gasteiger partial charge in [0, 0.05) is 5.56 Å². The number of ether oxygens (including phenoxy) is 1. The Labute approximate surface area is 128 Å². The van der Waals surface area contributed by atoms with E-state index < -0.39 is 10.9 Å². The molecule has 7 nitrogen and oxygen atoms in total. The monoisotopic (exact) mass is 327 g/mol. The van der Waals surface area contributed by atoms with E-state index in [-0.39, 0.29) is 27.2 Å². The molecule has 0 radical (unpaired) electrons. The zero-order valence-electron chi connectivity index (χ0n) is 11.3. The Morgan fingerprint density at radius 1 is 1.43 bits per heavy atom. The summed E-state index contributed by atoms with van der Waals surface area (Å²) in [5.41, 5.74) is 0.919. The highest BCUT2D eigenvalue weighted by Crippen LogP contribution is 2.38. The van der Waals surface area contributed by atoms with Crippen LogP contribution in [0.1, 0.15) is 20.9 Å². The number of hydrogen-bond acceptors (Lipinski definition) is 7. The van der Waals surface area contributed by atoms with Gasteiger partial charge >= 0.3 is 11.7 Å². The standard InChI is InChI=1S/C12H10ClN3O4S/c1-5-4-21-10(11(17)20-3)7(5)8-9(16(18)19)6(2)14-12(13)15-8/h4H,1-3H3. The minimum atomic E-state index is -0.584. The third-order valence-corrected chi connectivity index (χ3v) is 4.04. The second-order valence-corrected chi connectivity index (χ2v) is 5.36. The summed E-state index contributed by atoms with van der Waals surface area (Å²) in [6.07, 6.45) is 0. The van der Waals surface area contributed by atoms with Gasteiger partial charge in [0.2, 0.25) is 5.28 Å². The van der Waals surface area contributed by atoms with Crippen molar-refractivity contribution in [2.75, 3.05) is 7.11 Å². The van der Waals surface area contributed by atoms with Gasteiger partial charge in [0.05, 0.1) is 12.0 Å². The predicted octanol–water partition coefficient (Wildman–Crippen LogP) is 3.17. The van der Waals surface area contributed by atoms with Crippen LogP contribution in [0.5, 0.6) is 0 Å². The number of thiophene rings is 1. The molecule has 0 unspecified atom stereocenters. The van der Waals surface area contributed by atoms with Crippen molar-refractivity contribution >= 4 is 34.6 Å². The van der Waals surface area contributed by atoms with Gasteiger partial charge in [-0.25, -0.2) is 14.8 Å². The van der Waals surface area contributed by atoms with Crippen LogP contribution in [0.15, 0.2) is 5.38 Å². The Bertz CT molecular complexity index is 744. The van der Waals surface area contributed by atoms with E-state index in [1.165, 1.54) is 14.0 Å². The fourth-order valence-corrected chi connectivity index (χ4v) is 3.09. The smallest absolute Gasteiger partial charge is 0.348 e. The van der Waals surface area contributed by atoms with Gasteiger partial charge < -0.3 is 4.74 Å². The average Bonchev–Trinajstić information content (AvgIpc) is 2.78. The van der Waals surface area contributed by atoms with Gasteiger partial charge in [0.1, 0.15) is 10.6 Å². The zero-order valence-corrected chi connectivity index (χ0v) is 12.9. The highest BCUT2D eigenvalue weighted by Gasteiger charge is 2.29. The molecule has 0 amide bonds. The first kappa shape index (κ1) is 15.3. The third kappa shape index (κ3) is 2.72. The Balaban J connectivity index is 2.82. The van der Waals surface area contributed by atoms with E-state index in [4.69, 9.17) is 16.3 Å². The van der Waals surface area contributed by atoms with Crippen molar-refractivity contribution in [3.8, 4) is 11.3 Å². The molecule has 0 N–H and O–H groups in total.